The Kier molecular flexibility index (Phi) is 6.72. The largest absolute Gasteiger partial charge is 0.462 e. The zero-order chi connectivity index (χ0) is 20.3. The molecule has 2 heterocycles. The van der Waals surface area contributed by atoms with E-state index in [-0.39, 0.29) is 24.3 Å². The van der Waals surface area contributed by atoms with Crippen molar-refractivity contribution in [1.82, 2.24) is 9.80 Å². The number of carbonyl (C=O) groups excluding carboxylic acids is 3. The van der Waals surface area contributed by atoms with Crippen LogP contribution in [0.15, 0.2) is 0 Å². The molecule has 0 aromatic carbocycles. The van der Waals surface area contributed by atoms with Gasteiger partial charge < -0.3 is 15.0 Å². The van der Waals surface area contributed by atoms with E-state index >= 15 is 0 Å². The molecule has 0 spiro atoms. The summed E-state index contributed by atoms with van der Waals surface area (Å²) in [7, 11) is 0. The molecule has 28 heavy (non-hydrogen) atoms. The van der Waals surface area contributed by atoms with E-state index < -0.39 is 0 Å². The number of thiophene rings is 1. The number of hydrogen-bond acceptors (Lipinski definition) is 6. The number of piperazine rings is 1. The van der Waals surface area contributed by atoms with E-state index in [0.717, 1.165) is 24.8 Å². The zero-order valence-electron chi connectivity index (χ0n) is 16.9. The molecule has 1 atom stereocenters. The van der Waals surface area contributed by atoms with Crippen molar-refractivity contribution >= 4 is 34.1 Å². The second-order valence-corrected chi connectivity index (χ2v) is 8.71. The van der Waals surface area contributed by atoms with Gasteiger partial charge in [0, 0.05) is 38.0 Å². The van der Waals surface area contributed by atoms with Crippen LogP contribution in [-0.2, 0) is 27.2 Å². The lowest BCUT2D eigenvalue weighted by Crippen LogP contribution is -2.49. The molecular weight excluding hydrogens is 378 g/mol. The highest BCUT2D eigenvalue weighted by atomic mass is 32.1. The zero-order valence-corrected chi connectivity index (χ0v) is 17.7. The molecule has 3 rings (SSSR count). The average Bonchev–Trinajstić information content (AvgIpc) is 2.98. The minimum atomic E-state index is -0.347. The van der Waals surface area contributed by atoms with Crippen molar-refractivity contribution in [2.75, 3.05) is 44.6 Å². The van der Waals surface area contributed by atoms with Crippen molar-refractivity contribution in [3.63, 3.8) is 0 Å². The van der Waals surface area contributed by atoms with E-state index in [1.54, 1.807) is 18.7 Å². The molecule has 1 N–H and O–H groups in total. The number of esters is 1. The molecule has 0 radical (unpaired) electrons. The van der Waals surface area contributed by atoms with E-state index in [0.29, 0.717) is 49.3 Å². The average molecular weight is 408 g/mol. The molecule has 1 aromatic rings. The fraction of sp³-hybridized carbons (Fsp3) is 0.650. The number of ether oxygens (including phenoxy) is 1. The van der Waals surface area contributed by atoms with Gasteiger partial charge in [-0.1, -0.05) is 6.92 Å². The number of nitrogens with zero attached hydrogens (tertiary/aromatic N) is 2. The van der Waals surface area contributed by atoms with Crippen LogP contribution in [0.25, 0.3) is 0 Å². The molecule has 8 heteroatoms. The van der Waals surface area contributed by atoms with Crippen molar-refractivity contribution in [2.24, 2.45) is 5.92 Å². The Labute approximate surface area is 170 Å². The SMILES string of the molecule is CCOC(=O)c1c(NC(=O)CN2CCN(C(C)=O)CC2)sc2c1CC[C@H](C)C2. The molecule has 2 amide bonds. The topological polar surface area (TPSA) is 79.0 Å². The number of nitrogens with one attached hydrogen (secondary N) is 1. The molecule has 0 bridgehead atoms. The number of anilines is 1. The Morgan fingerprint density at radius 2 is 1.93 bits per heavy atom. The van der Waals surface area contributed by atoms with Gasteiger partial charge in [0.15, 0.2) is 0 Å². The third-order valence-corrected chi connectivity index (χ3v) is 6.60. The van der Waals surface area contributed by atoms with Gasteiger partial charge in [-0.2, -0.15) is 0 Å². The third-order valence-electron chi connectivity index (χ3n) is 5.43. The maximum atomic E-state index is 12.6. The Morgan fingerprint density at radius 1 is 1.21 bits per heavy atom. The minimum Gasteiger partial charge on any atom is -0.462 e. The molecule has 1 saturated heterocycles. The lowest BCUT2D eigenvalue weighted by Gasteiger charge is -2.33. The minimum absolute atomic E-state index is 0.0709. The smallest absolute Gasteiger partial charge is 0.341 e. The second-order valence-electron chi connectivity index (χ2n) is 7.61. The summed E-state index contributed by atoms with van der Waals surface area (Å²) >= 11 is 1.51. The third kappa shape index (κ3) is 4.72. The molecule has 154 valence electrons. The van der Waals surface area contributed by atoms with Gasteiger partial charge in [-0.3, -0.25) is 14.5 Å². The summed E-state index contributed by atoms with van der Waals surface area (Å²) in [4.78, 5) is 41.6. The van der Waals surface area contributed by atoms with Crippen LogP contribution in [0.2, 0.25) is 0 Å². The lowest BCUT2D eigenvalue weighted by atomic mass is 9.88. The summed E-state index contributed by atoms with van der Waals surface area (Å²) < 4.78 is 5.25. The summed E-state index contributed by atoms with van der Waals surface area (Å²) in [6.45, 7) is 8.78. The van der Waals surface area contributed by atoms with E-state index in [1.165, 1.54) is 16.2 Å². The van der Waals surface area contributed by atoms with Gasteiger partial charge in [0.1, 0.15) is 5.00 Å². The maximum Gasteiger partial charge on any atom is 0.341 e. The van der Waals surface area contributed by atoms with Crippen molar-refractivity contribution in [3.05, 3.63) is 16.0 Å². The highest BCUT2D eigenvalue weighted by molar-refractivity contribution is 7.17. The van der Waals surface area contributed by atoms with Crippen molar-refractivity contribution in [1.29, 1.82) is 0 Å². The van der Waals surface area contributed by atoms with Crippen LogP contribution < -0.4 is 5.32 Å². The van der Waals surface area contributed by atoms with E-state index in [4.69, 9.17) is 4.74 Å². The van der Waals surface area contributed by atoms with Gasteiger partial charge in [-0.05, 0) is 37.7 Å². The monoisotopic (exact) mass is 407 g/mol. The lowest BCUT2D eigenvalue weighted by molar-refractivity contribution is -0.130. The van der Waals surface area contributed by atoms with Gasteiger partial charge in [0.05, 0.1) is 18.7 Å². The molecule has 2 aliphatic rings. The Bertz CT molecular complexity index is 753. The first-order chi connectivity index (χ1) is 13.4. The van der Waals surface area contributed by atoms with Gasteiger partial charge in [0.25, 0.3) is 0 Å². The number of carbonyl (C=O) groups is 3. The van der Waals surface area contributed by atoms with E-state index in [2.05, 4.69) is 12.2 Å². The van der Waals surface area contributed by atoms with Gasteiger partial charge in [-0.25, -0.2) is 4.79 Å². The summed E-state index contributed by atoms with van der Waals surface area (Å²) in [6.07, 6.45) is 2.84. The fourth-order valence-corrected chi connectivity index (χ4v) is 5.26. The van der Waals surface area contributed by atoms with Crippen molar-refractivity contribution in [3.8, 4) is 0 Å². The summed E-state index contributed by atoms with van der Waals surface area (Å²) in [6, 6.07) is 0. The van der Waals surface area contributed by atoms with Crippen LogP contribution >= 0.6 is 11.3 Å². The van der Waals surface area contributed by atoms with Crippen LogP contribution in [0.1, 0.15) is 48.0 Å². The highest BCUT2D eigenvalue weighted by Crippen LogP contribution is 2.40. The molecule has 7 nitrogen and oxygen atoms in total. The molecule has 1 aromatic heterocycles. The van der Waals surface area contributed by atoms with Crippen molar-refractivity contribution in [2.45, 2.75) is 40.0 Å². The maximum absolute atomic E-state index is 12.6. The quantitative estimate of drug-likeness (QED) is 0.757. The van der Waals surface area contributed by atoms with E-state index in [1.807, 2.05) is 4.90 Å². The Balaban J connectivity index is 1.68. The first-order valence-corrected chi connectivity index (χ1v) is 10.8. The molecule has 0 unspecified atom stereocenters. The van der Waals surface area contributed by atoms with Crippen molar-refractivity contribution < 1.29 is 19.1 Å². The molecule has 1 fully saturated rings. The Morgan fingerprint density at radius 3 is 2.57 bits per heavy atom. The standard InChI is InChI=1S/C20H29N3O4S/c1-4-27-20(26)18-15-6-5-13(2)11-16(15)28-19(18)21-17(25)12-22-7-9-23(10-8-22)14(3)24/h13H,4-12H2,1-3H3,(H,21,25)/t13-/m0/s1. The van der Waals surface area contributed by atoms with E-state index in [9.17, 15) is 14.4 Å². The highest BCUT2D eigenvalue weighted by Gasteiger charge is 2.29. The molecule has 1 aliphatic carbocycles. The number of hydrogen-bond donors (Lipinski definition) is 1. The fourth-order valence-electron chi connectivity index (χ4n) is 3.85. The Hall–Kier alpha value is -1.93. The molecule has 0 saturated carbocycles. The first-order valence-electron chi connectivity index (χ1n) is 9.98. The number of fused-ring (bicyclic) bond motifs is 1. The normalized spacial score (nSPS) is 19.8. The predicted octanol–water partition coefficient (Wildman–Crippen LogP) is 2.15. The second kappa shape index (κ2) is 9.05. The summed E-state index contributed by atoms with van der Waals surface area (Å²) in [5.41, 5.74) is 1.59. The molecular formula is C20H29N3O4S. The first kappa shape index (κ1) is 20.8. The van der Waals surface area contributed by atoms with Crippen LogP contribution in [0.5, 0.6) is 0 Å². The summed E-state index contributed by atoms with van der Waals surface area (Å²) in [5.74, 6) is 0.178. The van der Waals surface area contributed by atoms with Crippen LogP contribution in [0.3, 0.4) is 0 Å². The molecule has 1 aliphatic heterocycles. The number of amides is 2. The van der Waals surface area contributed by atoms with Gasteiger partial charge >= 0.3 is 5.97 Å². The van der Waals surface area contributed by atoms with Crippen LogP contribution in [0.4, 0.5) is 5.00 Å². The number of rotatable bonds is 5. The summed E-state index contributed by atoms with van der Waals surface area (Å²) in [5, 5.41) is 3.58. The predicted molar refractivity (Wildman–Crippen MR) is 109 cm³/mol. The van der Waals surface area contributed by atoms with Gasteiger partial charge in [0.2, 0.25) is 11.8 Å². The van der Waals surface area contributed by atoms with Gasteiger partial charge in [-0.15, -0.1) is 11.3 Å². The van der Waals surface area contributed by atoms with Crippen LogP contribution in [0, 0.1) is 5.92 Å². The van der Waals surface area contributed by atoms with Crippen LogP contribution in [-0.4, -0.2) is 66.9 Å².